The zero-order chi connectivity index (χ0) is 23.7. The standard InChI is InChI=1S/C24H15Cl3N2O4/c1-13-3-2-4-19(9-13)33-24(32)14-5-7-17(8-6-14)28-21-20(27)22(30)29(23(21)31)18-11-15(25)10-16(26)12-18/h2-12,28H,1H3. The molecule has 0 radical (unpaired) electrons. The Bertz CT molecular complexity index is 1300. The van der Waals surface area contributed by atoms with Gasteiger partial charge in [0.05, 0.1) is 11.3 Å². The zero-order valence-electron chi connectivity index (χ0n) is 17.1. The van der Waals surface area contributed by atoms with E-state index < -0.39 is 17.8 Å². The predicted molar refractivity (Wildman–Crippen MR) is 128 cm³/mol. The maximum Gasteiger partial charge on any atom is 0.343 e. The maximum atomic E-state index is 12.9. The number of carbonyl (C=O) groups is 3. The number of ether oxygens (including phenoxy) is 1. The number of halogens is 3. The highest BCUT2D eigenvalue weighted by atomic mass is 35.5. The molecule has 2 amide bonds. The van der Waals surface area contributed by atoms with Crippen LogP contribution < -0.4 is 15.0 Å². The summed E-state index contributed by atoms with van der Waals surface area (Å²) >= 11 is 18.1. The van der Waals surface area contributed by atoms with Crippen molar-refractivity contribution in [3.05, 3.63) is 98.6 Å². The summed E-state index contributed by atoms with van der Waals surface area (Å²) in [6.07, 6.45) is 0. The van der Waals surface area contributed by atoms with Gasteiger partial charge < -0.3 is 10.1 Å². The molecule has 3 aromatic rings. The van der Waals surface area contributed by atoms with Gasteiger partial charge in [-0.1, -0.05) is 46.9 Å². The van der Waals surface area contributed by atoms with Crippen LogP contribution >= 0.6 is 34.8 Å². The number of amides is 2. The van der Waals surface area contributed by atoms with Gasteiger partial charge in [-0.15, -0.1) is 0 Å². The van der Waals surface area contributed by atoms with Gasteiger partial charge in [0.15, 0.2) is 0 Å². The van der Waals surface area contributed by atoms with Crippen LogP contribution in [0.15, 0.2) is 77.5 Å². The molecule has 0 fully saturated rings. The minimum atomic E-state index is -0.708. The Morgan fingerprint density at radius 1 is 0.879 bits per heavy atom. The van der Waals surface area contributed by atoms with Crippen LogP contribution in [0.4, 0.5) is 11.4 Å². The molecule has 33 heavy (non-hydrogen) atoms. The van der Waals surface area contributed by atoms with Gasteiger partial charge in [-0.25, -0.2) is 9.69 Å². The quantitative estimate of drug-likeness (QED) is 0.265. The number of esters is 1. The summed E-state index contributed by atoms with van der Waals surface area (Å²) in [7, 11) is 0. The molecular formula is C24H15Cl3N2O4. The maximum absolute atomic E-state index is 12.9. The van der Waals surface area contributed by atoms with Crippen LogP contribution in [0.25, 0.3) is 0 Å². The summed E-state index contributed by atoms with van der Waals surface area (Å²) in [6.45, 7) is 1.90. The van der Waals surface area contributed by atoms with Crippen molar-refractivity contribution < 1.29 is 19.1 Å². The largest absolute Gasteiger partial charge is 0.423 e. The van der Waals surface area contributed by atoms with Crippen LogP contribution in [0.3, 0.4) is 0 Å². The van der Waals surface area contributed by atoms with E-state index >= 15 is 0 Å². The van der Waals surface area contributed by atoms with Crippen LogP contribution in [-0.4, -0.2) is 17.8 Å². The molecule has 0 aromatic heterocycles. The molecule has 0 atom stereocenters. The Labute approximate surface area is 204 Å². The van der Waals surface area contributed by atoms with Crippen molar-refractivity contribution in [3.63, 3.8) is 0 Å². The third-order valence-corrected chi connectivity index (χ3v) is 5.51. The molecule has 1 aliphatic rings. The molecule has 166 valence electrons. The van der Waals surface area contributed by atoms with E-state index in [1.54, 1.807) is 30.3 Å². The molecular weight excluding hydrogens is 487 g/mol. The third-order valence-electron chi connectivity index (χ3n) is 4.72. The first kappa shape index (κ1) is 22.9. The lowest BCUT2D eigenvalue weighted by molar-refractivity contribution is -0.120. The van der Waals surface area contributed by atoms with Crippen molar-refractivity contribution in [2.75, 3.05) is 10.2 Å². The number of carbonyl (C=O) groups excluding carboxylic acids is 3. The molecule has 1 N–H and O–H groups in total. The minimum absolute atomic E-state index is 0.104. The molecule has 1 aliphatic heterocycles. The van der Waals surface area contributed by atoms with Gasteiger partial charge in [0.1, 0.15) is 16.5 Å². The monoisotopic (exact) mass is 500 g/mol. The van der Waals surface area contributed by atoms with Crippen LogP contribution in [0.1, 0.15) is 15.9 Å². The van der Waals surface area contributed by atoms with Crippen LogP contribution in [-0.2, 0) is 9.59 Å². The average Bonchev–Trinajstić information content (AvgIpc) is 2.96. The van der Waals surface area contributed by atoms with Gasteiger partial charge in [0, 0.05) is 15.7 Å². The number of anilines is 2. The average molecular weight is 502 g/mol. The van der Waals surface area contributed by atoms with Crippen molar-refractivity contribution in [2.24, 2.45) is 0 Å². The number of rotatable bonds is 5. The van der Waals surface area contributed by atoms with E-state index in [1.807, 2.05) is 13.0 Å². The third kappa shape index (κ3) is 4.88. The number of aryl methyl sites for hydroxylation is 1. The second-order valence-corrected chi connectivity index (χ2v) is 8.42. The lowest BCUT2D eigenvalue weighted by atomic mass is 10.2. The number of hydrogen-bond acceptors (Lipinski definition) is 5. The summed E-state index contributed by atoms with van der Waals surface area (Å²) in [5.41, 5.74) is 1.82. The normalized spacial score (nSPS) is 13.5. The summed E-state index contributed by atoms with van der Waals surface area (Å²) in [6, 6.07) is 17.7. The highest BCUT2D eigenvalue weighted by molar-refractivity contribution is 6.53. The Kier molecular flexibility index (Phi) is 6.42. The van der Waals surface area contributed by atoms with Crippen molar-refractivity contribution in [3.8, 4) is 5.75 Å². The van der Waals surface area contributed by atoms with E-state index in [4.69, 9.17) is 39.5 Å². The Balaban J connectivity index is 1.50. The first-order chi connectivity index (χ1) is 15.7. The van der Waals surface area contributed by atoms with Gasteiger partial charge in [-0.3, -0.25) is 9.59 Å². The molecule has 0 saturated carbocycles. The molecule has 0 bridgehead atoms. The van der Waals surface area contributed by atoms with Crippen LogP contribution in [0.2, 0.25) is 10.0 Å². The van der Waals surface area contributed by atoms with Gasteiger partial charge in [-0.05, 0) is 67.1 Å². The number of benzene rings is 3. The molecule has 0 spiro atoms. The minimum Gasteiger partial charge on any atom is -0.423 e. The number of nitrogens with one attached hydrogen (secondary N) is 1. The van der Waals surface area contributed by atoms with Crippen molar-refractivity contribution >= 4 is 64.0 Å². The van der Waals surface area contributed by atoms with E-state index in [-0.39, 0.29) is 26.5 Å². The zero-order valence-corrected chi connectivity index (χ0v) is 19.3. The predicted octanol–water partition coefficient (Wildman–Crippen LogP) is 5.96. The SMILES string of the molecule is Cc1cccc(OC(=O)c2ccc(NC3=C(Cl)C(=O)N(c4cc(Cl)cc(Cl)c4)C3=O)cc2)c1. The van der Waals surface area contributed by atoms with Gasteiger partial charge in [0.2, 0.25) is 0 Å². The van der Waals surface area contributed by atoms with E-state index in [0.29, 0.717) is 17.0 Å². The number of hydrogen-bond donors (Lipinski definition) is 1. The van der Waals surface area contributed by atoms with Crippen molar-refractivity contribution in [1.29, 1.82) is 0 Å². The molecule has 0 aliphatic carbocycles. The fourth-order valence-electron chi connectivity index (χ4n) is 3.19. The topological polar surface area (TPSA) is 75.7 Å². The molecule has 0 saturated heterocycles. The number of imide groups is 1. The summed E-state index contributed by atoms with van der Waals surface area (Å²) in [4.78, 5) is 38.8. The fraction of sp³-hybridized carbons (Fsp3) is 0.0417. The smallest absolute Gasteiger partial charge is 0.343 e. The highest BCUT2D eigenvalue weighted by Gasteiger charge is 2.39. The molecule has 4 rings (SSSR count). The fourth-order valence-corrected chi connectivity index (χ4v) is 3.92. The van der Waals surface area contributed by atoms with Crippen LogP contribution in [0.5, 0.6) is 5.75 Å². The lowest BCUT2D eigenvalue weighted by Gasteiger charge is -2.16. The Hall–Kier alpha value is -3.32. The van der Waals surface area contributed by atoms with E-state index in [1.165, 1.54) is 30.3 Å². The molecule has 1 heterocycles. The van der Waals surface area contributed by atoms with Gasteiger partial charge in [-0.2, -0.15) is 0 Å². The van der Waals surface area contributed by atoms with Gasteiger partial charge in [0.25, 0.3) is 11.8 Å². The molecule has 6 nitrogen and oxygen atoms in total. The van der Waals surface area contributed by atoms with Crippen LogP contribution in [0, 0.1) is 6.92 Å². The van der Waals surface area contributed by atoms with E-state index in [9.17, 15) is 14.4 Å². The highest BCUT2D eigenvalue weighted by Crippen LogP contribution is 2.33. The second kappa shape index (κ2) is 9.27. The first-order valence-electron chi connectivity index (χ1n) is 9.63. The molecule has 9 heteroatoms. The summed E-state index contributed by atoms with van der Waals surface area (Å²) < 4.78 is 5.37. The molecule has 3 aromatic carbocycles. The van der Waals surface area contributed by atoms with Crippen molar-refractivity contribution in [2.45, 2.75) is 6.92 Å². The summed E-state index contributed by atoms with van der Waals surface area (Å²) in [5, 5.41) is 3.10. The lowest BCUT2D eigenvalue weighted by Crippen LogP contribution is -2.32. The molecule has 0 unspecified atom stereocenters. The Morgan fingerprint density at radius 3 is 2.18 bits per heavy atom. The summed E-state index contributed by atoms with van der Waals surface area (Å²) in [5.74, 6) is -1.46. The van der Waals surface area contributed by atoms with Crippen molar-refractivity contribution in [1.82, 2.24) is 0 Å². The van der Waals surface area contributed by atoms with Gasteiger partial charge >= 0.3 is 5.97 Å². The number of nitrogens with zero attached hydrogens (tertiary/aromatic N) is 1. The Morgan fingerprint density at radius 2 is 1.55 bits per heavy atom. The second-order valence-electron chi connectivity index (χ2n) is 7.17. The van der Waals surface area contributed by atoms with E-state index in [0.717, 1.165) is 10.5 Å². The van der Waals surface area contributed by atoms with E-state index in [2.05, 4.69) is 5.32 Å². The first-order valence-corrected chi connectivity index (χ1v) is 10.8.